The fraction of sp³-hybridized carbons (Fsp3) is 0.680. The Morgan fingerprint density at radius 3 is 1.52 bits per heavy atom. The fourth-order valence-corrected chi connectivity index (χ4v) is 3.20. The number of carbonyl (C=O) groups is 2. The minimum Gasteiger partial charge on any atom is -0.358 e. The van der Waals surface area contributed by atoms with Crippen LogP contribution in [-0.2, 0) is 19.1 Å². The third kappa shape index (κ3) is 9.68. The molecule has 0 aromatic heterocycles. The first-order valence-electron chi connectivity index (χ1n) is 10.7. The molecule has 2 fully saturated rings. The Labute approximate surface area is 177 Å². The molecule has 2 aliphatic rings. The van der Waals surface area contributed by atoms with Gasteiger partial charge in [-0.05, 0) is 87.0 Å². The van der Waals surface area contributed by atoms with Gasteiger partial charge in [0.15, 0.2) is 12.6 Å². The molecule has 0 saturated carbocycles. The summed E-state index contributed by atoms with van der Waals surface area (Å²) in [5.41, 5.74) is 3.79. The average molecular weight is 405 g/mol. The van der Waals surface area contributed by atoms with Gasteiger partial charge in [0.2, 0.25) is 0 Å². The van der Waals surface area contributed by atoms with Crippen molar-refractivity contribution in [2.24, 2.45) is 0 Å². The molecule has 2 heterocycles. The summed E-state index contributed by atoms with van der Waals surface area (Å²) in [5.74, 6) is 0. The molecule has 0 aliphatic carbocycles. The number of hydrogen-bond donors (Lipinski definition) is 0. The first-order chi connectivity index (χ1) is 13.6. The van der Waals surface area contributed by atoms with Crippen LogP contribution < -0.4 is 0 Å². The Morgan fingerprint density at radius 1 is 0.724 bits per heavy atom. The molecule has 2 rings (SSSR count). The van der Waals surface area contributed by atoms with E-state index < -0.39 is 0 Å². The molecule has 4 heteroatoms. The first-order valence-corrected chi connectivity index (χ1v) is 10.7. The normalized spacial score (nSPS) is 29.8. The minimum absolute atomic E-state index is 0.150. The van der Waals surface area contributed by atoms with Crippen molar-refractivity contribution in [2.75, 3.05) is 0 Å². The number of rotatable bonds is 11. The van der Waals surface area contributed by atoms with E-state index in [2.05, 4.69) is 52.8 Å². The number of epoxide rings is 2. The molecule has 0 aromatic rings. The monoisotopic (exact) mass is 404 g/mol. The highest BCUT2D eigenvalue weighted by Gasteiger charge is 2.51. The molecule has 0 spiro atoms. The Hall–Kier alpha value is -1.52. The van der Waals surface area contributed by atoms with Gasteiger partial charge in [0.05, 0.1) is 11.2 Å². The van der Waals surface area contributed by atoms with Gasteiger partial charge in [-0.15, -0.1) is 0 Å². The molecule has 0 N–H and O–H groups in total. The van der Waals surface area contributed by atoms with E-state index in [-0.39, 0.29) is 23.4 Å². The van der Waals surface area contributed by atoms with Gasteiger partial charge in [-0.3, -0.25) is 0 Å². The molecule has 0 radical (unpaired) electrons. The number of aldehydes is 2. The number of ether oxygens (including phenoxy) is 2. The zero-order valence-corrected chi connectivity index (χ0v) is 19.4. The van der Waals surface area contributed by atoms with Crippen molar-refractivity contribution in [1.82, 2.24) is 0 Å². The second-order valence-corrected chi connectivity index (χ2v) is 9.20. The fourth-order valence-electron chi connectivity index (χ4n) is 3.20. The van der Waals surface area contributed by atoms with Gasteiger partial charge < -0.3 is 19.1 Å². The van der Waals surface area contributed by atoms with Crippen molar-refractivity contribution in [3.63, 3.8) is 0 Å². The van der Waals surface area contributed by atoms with E-state index in [0.29, 0.717) is 0 Å². The Morgan fingerprint density at radius 2 is 1.14 bits per heavy atom. The van der Waals surface area contributed by atoms with Gasteiger partial charge in [0.25, 0.3) is 0 Å². The molecular formula is C25H40O4. The standard InChI is InChI=1S/C15H24O2.C10H16O2/c1-12(2)7-5-8-13(3)9-6-10-15(4)14(11-16)17-15;1-8(2)5-4-6-10(3)9(7-11)12-10/h7,9,11,14H,5-6,8,10H2,1-4H3;5,7,9H,4,6H2,1-3H3/b13-9+;. The number of allylic oxidation sites excluding steroid dienone is 6. The average Bonchev–Trinajstić information content (AvgIpc) is 3.49. The molecule has 0 amide bonds. The van der Waals surface area contributed by atoms with Crippen LogP contribution in [0.5, 0.6) is 0 Å². The van der Waals surface area contributed by atoms with E-state index in [4.69, 9.17) is 9.47 Å². The summed E-state index contributed by atoms with van der Waals surface area (Å²) >= 11 is 0. The Balaban J connectivity index is 0.000000308. The SMILES string of the molecule is CC(C)=CCC/C(C)=C/CCC1(C)OC1C=O.CC(C)=CCCC1(C)OC1C=O. The lowest BCUT2D eigenvalue weighted by Gasteiger charge is -2.03. The van der Waals surface area contributed by atoms with Gasteiger partial charge in [-0.1, -0.05) is 34.9 Å². The highest BCUT2D eigenvalue weighted by Crippen LogP contribution is 2.39. The van der Waals surface area contributed by atoms with Crippen LogP contribution in [0.4, 0.5) is 0 Å². The highest BCUT2D eigenvalue weighted by atomic mass is 16.6. The van der Waals surface area contributed by atoms with E-state index in [9.17, 15) is 9.59 Å². The van der Waals surface area contributed by atoms with E-state index >= 15 is 0 Å². The van der Waals surface area contributed by atoms with E-state index in [1.165, 1.54) is 16.7 Å². The van der Waals surface area contributed by atoms with Crippen molar-refractivity contribution >= 4 is 12.6 Å². The van der Waals surface area contributed by atoms with Crippen molar-refractivity contribution in [1.29, 1.82) is 0 Å². The highest BCUT2D eigenvalue weighted by molar-refractivity contribution is 5.62. The smallest absolute Gasteiger partial charge is 0.151 e. The first kappa shape index (κ1) is 25.5. The summed E-state index contributed by atoms with van der Waals surface area (Å²) in [6, 6.07) is 0. The van der Waals surface area contributed by atoms with Crippen LogP contribution in [0.15, 0.2) is 34.9 Å². The second-order valence-electron chi connectivity index (χ2n) is 9.20. The van der Waals surface area contributed by atoms with E-state index in [1.54, 1.807) is 0 Å². The quantitative estimate of drug-likeness (QED) is 0.244. The van der Waals surface area contributed by atoms with Crippen LogP contribution in [0.1, 0.15) is 87.0 Å². The molecule has 4 unspecified atom stereocenters. The molecule has 2 saturated heterocycles. The van der Waals surface area contributed by atoms with Crippen LogP contribution in [0.2, 0.25) is 0 Å². The maximum atomic E-state index is 10.5. The molecule has 164 valence electrons. The van der Waals surface area contributed by atoms with Crippen LogP contribution in [0.3, 0.4) is 0 Å². The molecular weight excluding hydrogens is 364 g/mol. The summed E-state index contributed by atoms with van der Waals surface area (Å²) in [6.45, 7) is 14.6. The van der Waals surface area contributed by atoms with Crippen LogP contribution in [0.25, 0.3) is 0 Å². The summed E-state index contributed by atoms with van der Waals surface area (Å²) in [7, 11) is 0. The summed E-state index contributed by atoms with van der Waals surface area (Å²) in [4.78, 5) is 20.9. The molecule has 0 bridgehead atoms. The lowest BCUT2D eigenvalue weighted by atomic mass is 10.0. The summed E-state index contributed by atoms with van der Waals surface area (Å²) in [6.07, 6.45) is 14.3. The van der Waals surface area contributed by atoms with Crippen molar-refractivity contribution in [2.45, 2.75) is 110 Å². The third-order valence-corrected chi connectivity index (χ3v) is 5.55. The summed E-state index contributed by atoms with van der Waals surface area (Å²) in [5, 5.41) is 0. The van der Waals surface area contributed by atoms with E-state index in [1.807, 2.05) is 13.8 Å². The predicted molar refractivity (Wildman–Crippen MR) is 119 cm³/mol. The minimum atomic E-state index is -0.182. The predicted octanol–water partition coefficient (Wildman–Crippen LogP) is 5.90. The van der Waals surface area contributed by atoms with Crippen LogP contribution in [-0.4, -0.2) is 36.0 Å². The van der Waals surface area contributed by atoms with Crippen molar-refractivity contribution in [3.8, 4) is 0 Å². The van der Waals surface area contributed by atoms with Gasteiger partial charge in [0.1, 0.15) is 12.2 Å². The second kappa shape index (κ2) is 11.6. The zero-order valence-electron chi connectivity index (χ0n) is 19.4. The van der Waals surface area contributed by atoms with Crippen molar-refractivity contribution in [3.05, 3.63) is 34.9 Å². The number of hydrogen-bond acceptors (Lipinski definition) is 4. The largest absolute Gasteiger partial charge is 0.358 e. The lowest BCUT2D eigenvalue weighted by Crippen LogP contribution is -2.09. The maximum Gasteiger partial charge on any atom is 0.151 e. The molecule has 4 atom stereocenters. The van der Waals surface area contributed by atoms with Gasteiger partial charge in [-0.2, -0.15) is 0 Å². The Kier molecular flexibility index (Phi) is 10.2. The van der Waals surface area contributed by atoms with Gasteiger partial charge in [0, 0.05) is 0 Å². The Bertz CT molecular complexity index is 637. The van der Waals surface area contributed by atoms with Gasteiger partial charge >= 0.3 is 0 Å². The molecule has 29 heavy (non-hydrogen) atoms. The maximum absolute atomic E-state index is 10.5. The summed E-state index contributed by atoms with van der Waals surface area (Å²) < 4.78 is 10.6. The topological polar surface area (TPSA) is 59.2 Å². The lowest BCUT2D eigenvalue weighted by molar-refractivity contribution is -0.109. The third-order valence-electron chi connectivity index (χ3n) is 5.55. The zero-order chi connectivity index (χ0) is 22.1. The van der Waals surface area contributed by atoms with Crippen LogP contribution in [0, 0.1) is 0 Å². The van der Waals surface area contributed by atoms with E-state index in [0.717, 1.165) is 51.1 Å². The van der Waals surface area contributed by atoms with Crippen molar-refractivity contribution < 1.29 is 19.1 Å². The van der Waals surface area contributed by atoms with Gasteiger partial charge in [-0.25, -0.2) is 0 Å². The number of carbonyl (C=O) groups excluding carboxylic acids is 2. The molecule has 2 aliphatic heterocycles. The molecule has 4 nitrogen and oxygen atoms in total. The molecule has 0 aromatic carbocycles. The van der Waals surface area contributed by atoms with Crippen LogP contribution >= 0.6 is 0 Å².